The van der Waals surface area contributed by atoms with Crippen LogP contribution >= 0.6 is 0 Å². The number of hydrogen-bond acceptors (Lipinski definition) is 5. The van der Waals surface area contributed by atoms with Crippen LogP contribution in [0.15, 0.2) is 71.3 Å². The Morgan fingerprint density at radius 3 is 2.45 bits per heavy atom. The molecule has 0 aliphatic heterocycles. The van der Waals surface area contributed by atoms with Gasteiger partial charge in [-0.1, -0.05) is 24.3 Å². The molecule has 0 bridgehead atoms. The molecule has 0 aliphatic carbocycles. The Kier molecular flexibility index (Phi) is 6.87. The SMILES string of the molecule is CCN(C(=O)[C@@H](C)OC(=O)c1ccc(C)c(NC(=O)c2ccco2)c1)c1ccccc1. The average molecular weight is 420 g/mol. The lowest BCUT2D eigenvalue weighted by Gasteiger charge is -2.24. The fourth-order valence-electron chi connectivity index (χ4n) is 3.05. The second kappa shape index (κ2) is 9.75. The molecule has 1 atom stereocenters. The van der Waals surface area contributed by atoms with Gasteiger partial charge in [-0.3, -0.25) is 9.59 Å². The van der Waals surface area contributed by atoms with Crippen molar-refractivity contribution in [1.29, 1.82) is 0 Å². The first-order valence-corrected chi connectivity index (χ1v) is 9.93. The van der Waals surface area contributed by atoms with E-state index in [0.29, 0.717) is 12.2 Å². The van der Waals surface area contributed by atoms with Gasteiger partial charge in [-0.15, -0.1) is 0 Å². The van der Waals surface area contributed by atoms with Crippen molar-refractivity contribution in [2.75, 3.05) is 16.8 Å². The zero-order valence-corrected chi connectivity index (χ0v) is 17.6. The lowest BCUT2D eigenvalue weighted by molar-refractivity contribution is -0.126. The van der Waals surface area contributed by atoms with Crippen LogP contribution in [0.2, 0.25) is 0 Å². The molecule has 2 amide bonds. The van der Waals surface area contributed by atoms with Crippen LogP contribution in [0.1, 0.15) is 40.3 Å². The van der Waals surface area contributed by atoms with Crippen molar-refractivity contribution in [3.8, 4) is 0 Å². The van der Waals surface area contributed by atoms with Gasteiger partial charge in [0.1, 0.15) is 0 Å². The molecule has 0 unspecified atom stereocenters. The van der Waals surface area contributed by atoms with Crippen LogP contribution in [-0.4, -0.2) is 30.4 Å². The van der Waals surface area contributed by atoms with Gasteiger partial charge in [0.25, 0.3) is 11.8 Å². The normalized spacial score (nSPS) is 11.5. The van der Waals surface area contributed by atoms with Crippen molar-refractivity contribution in [2.24, 2.45) is 0 Å². The summed E-state index contributed by atoms with van der Waals surface area (Å²) >= 11 is 0. The van der Waals surface area contributed by atoms with Crippen molar-refractivity contribution in [1.82, 2.24) is 0 Å². The minimum atomic E-state index is -0.977. The summed E-state index contributed by atoms with van der Waals surface area (Å²) in [5.41, 5.74) is 2.18. The zero-order valence-electron chi connectivity index (χ0n) is 17.6. The Labute approximate surface area is 180 Å². The molecule has 1 N–H and O–H groups in total. The minimum absolute atomic E-state index is 0.159. The molecule has 3 rings (SSSR count). The van der Waals surface area contributed by atoms with Crippen LogP contribution < -0.4 is 10.2 Å². The van der Waals surface area contributed by atoms with E-state index in [1.807, 2.05) is 37.3 Å². The number of benzene rings is 2. The summed E-state index contributed by atoms with van der Waals surface area (Å²) in [7, 11) is 0. The van der Waals surface area contributed by atoms with Gasteiger partial charge in [0, 0.05) is 17.9 Å². The predicted octanol–water partition coefficient (Wildman–Crippen LogP) is 4.44. The maximum absolute atomic E-state index is 12.8. The number of amides is 2. The largest absolute Gasteiger partial charge is 0.459 e. The van der Waals surface area contributed by atoms with Crippen molar-refractivity contribution in [3.05, 3.63) is 83.8 Å². The summed E-state index contributed by atoms with van der Waals surface area (Å²) < 4.78 is 10.5. The Bertz CT molecular complexity index is 1060. The highest BCUT2D eigenvalue weighted by molar-refractivity contribution is 6.04. The molecule has 0 radical (unpaired) electrons. The first-order valence-electron chi connectivity index (χ1n) is 9.93. The molecule has 1 heterocycles. The molecule has 2 aromatic carbocycles. The number of hydrogen-bond donors (Lipinski definition) is 1. The van der Waals surface area contributed by atoms with E-state index >= 15 is 0 Å². The molecule has 160 valence electrons. The summed E-state index contributed by atoms with van der Waals surface area (Å²) in [5, 5.41) is 2.72. The summed E-state index contributed by atoms with van der Waals surface area (Å²) in [6, 6.07) is 17.2. The molecule has 0 saturated carbocycles. The number of furan rings is 1. The first kappa shape index (κ1) is 21.8. The third kappa shape index (κ3) is 5.19. The number of carbonyl (C=O) groups excluding carboxylic acids is 3. The lowest BCUT2D eigenvalue weighted by Crippen LogP contribution is -2.40. The molecule has 3 aromatic rings. The van der Waals surface area contributed by atoms with Crippen molar-refractivity contribution >= 4 is 29.2 Å². The summed E-state index contributed by atoms with van der Waals surface area (Å²) in [6.07, 6.45) is 0.429. The highest BCUT2D eigenvalue weighted by Gasteiger charge is 2.25. The molecule has 0 saturated heterocycles. The Hall–Kier alpha value is -3.87. The molecule has 0 aliphatic rings. The van der Waals surface area contributed by atoms with Gasteiger partial charge in [0.15, 0.2) is 11.9 Å². The van der Waals surface area contributed by atoms with Crippen LogP contribution in [0.5, 0.6) is 0 Å². The summed E-state index contributed by atoms with van der Waals surface area (Å²) in [5.74, 6) is -1.24. The summed E-state index contributed by atoms with van der Waals surface area (Å²) in [6.45, 7) is 5.64. The number of anilines is 2. The van der Waals surface area contributed by atoms with E-state index in [1.165, 1.54) is 12.3 Å². The molecule has 0 fully saturated rings. The van der Waals surface area contributed by atoms with Crippen LogP contribution in [0.25, 0.3) is 0 Å². The number of likely N-dealkylation sites (N-methyl/N-ethyl adjacent to an activating group) is 1. The van der Waals surface area contributed by atoms with Gasteiger partial charge in [0.2, 0.25) is 0 Å². The van der Waals surface area contributed by atoms with Gasteiger partial charge in [-0.2, -0.15) is 0 Å². The van der Waals surface area contributed by atoms with E-state index in [-0.39, 0.29) is 17.2 Å². The number of nitrogens with zero attached hydrogens (tertiary/aromatic N) is 1. The topological polar surface area (TPSA) is 88.9 Å². The van der Waals surface area contributed by atoms with Gasteiger partial charge in [0.05, 0.1) is 11.8 Å². The van der Waals surface area contributed by atoms with E-state index in [1.54, 1.807) is 43.0 Å². The van der Waals surface area contributed by atoms with Crippen LogP contribution in [0, 0.1) is 6.92 Å². The minimum Gasteiger partial charge on any atom is -0.459 e. The second-order valence-corrected chi connectivity index (χ2v) is 6.93. The van der Waals surface area contributed by atoms with Crippen molar-refractivity contribution < 1.29 is 23.5 Å². The number of aryl methyl sites for hydroxylation is 1. The van der Waals surface area contributed by atoms with Crippen LogP contribution in [0.4, 0.5) is 11.4 Å². The molecular weight excluding hydrogens is 396 g/mol. The van der Waals surface area contributed by atoms with E-state index in [2.05, 4.69) is 5.32 Å². The number of carbonyl (C=O) groups is 3. The van der Waals surface area contributed by atoms with Crippen molar-refractivity contribution in [3.63, 3.8) is 0 Å². The lowest BCUT2D eigenvalue weighted by atomic mass is 10.1. The van der Waals surface area contributed by atoms with Crippen molar-refractivity contribution in [2.45, 2.75) is 26.9 Å². The third-order valence-electron chi connectivity index (χ3n) is 4.75. The van der Waals surface area contributed by atoms with Crippen LogP contribution in [0.3, 0.4) is 0 Å². The number of ether oxygens (including phenoxy) is 1. The predicted molar refractivity (Wildman–Crippen MR) is 117 cm³/mol. The standard InChI is InChI=1S/C24H24N2O5/c1-4-26(19-9-6-5-7-10-19)23(28)17(3)31-24(29)18-13-12-16(2)20(15-18)25-22(27)21-11-8-14-30-21/h5-15,17H,4H2,1-3H3,(H,25,27)/t17-/m1/s1. The molecule has 7 nitrogen and oxygen atoms in total. The molecule has 7 heteroatoms. The average Bonchev–Trinajstić information content (AvgIpc) is 3.31. The van der Waals surface area contributed by atoms with Gasteiger partial charge < -0.3 is 19.4 Å². The highest BCUT2D eigenvalue weighted by atomic mass is 16.5. The Morgan fingerprint density at radius 2 is 1.81 bits per heavy atom. The number of esters is 1. The molecular formula is C24H24N2O5. The van der Waals surface area contributed by atoms with Gasteiger partial charge in [-0.05, 0) is 62.7 Å². The van der Waals surface area contributed by atoms with Crippen LogP contribution in [-0.2, 0) is 9.53 Å². The zero-order chi connectivity index (χ0) is 22.4. The fraction of sp³-hybridized carbons (Fsp3) is 0.208. The fourth-order valence-corrected chi connectivity index (χ4v) is 3.05. The van der Waals surface area contributed by atoms with E-state index in [9.17, 15) is 14.4 Å². The molecule has 0 spiro atoms. The number of para-hydroxylation sites is 1. The Morgan fingerprint density at radius 1 is 1.06 bits per heavy atom. The maximum atomic E-state index is 12.8. The smallest absolute Gasteiger partial charge is 0.338 e. The highest BCUT2D eigenvalue weighted by Crippen LogP contribution is 2.20. The van der Waals surface area contributed by atoms with E-state index < -0.39 is 18.0 Å². The van der Waals surface area contributed by atoms with Gasteiger partial charge >= 0.3 is 5.97 Å². The Balaban J connectivity index is 1.71. The number of rotatable bonds is 7. The molecule has 1 aromatic heterocycles. The monoisotopic (exact) mass is 420 g/mol. The first-order chi connectivity index (χ1) is 14.9. The maximum Gasteiger partial charge on any atom is 0.338 e. The number of nitrogens with one attached hydrogen (secondary N) is 1. The van der Waals surface area contributed by atoms with E-state index in [0.717, 1.165) is 11.3 Å². The van der Waals surface area contributed by atoms with E-state index in [4.69, 9.17) is 9.15 Å². The summed E-state index contributed by atoms with van der Waals surface area (Å²) in [4.78, 5) is 39.3. The third-order valence-corrected chi connectivity index (χ3v) is 4.75. The molecule has 31 heavy (non-hydrogen) atoms. The van der Waals surface area contributed by atoms with Gasteiger partial charge in [-0.25, -0.2) is 4.79 Å². The quantitative estimate of drug-likeness (QED) is 0.571. The second-order valence-electron chi connectivity index (χ2n) is 6.93.